The zero-order chi connectivity index (χ0) is 17.3. The summed E-state index contributed by atoms with van der Waals surface area (Å²) < 4.78 is 5.13. The van der Waals surface area contributed by atoms with E-state index in [4.69, 9.17) is 27.9 Å². The summed E-state index contributed by atoms with van der Waals surface area (Å²) >= 11 is 13.0. The highest BCUT2D eigenvalue weighted by atomic mass is 35.5. The van der Waals surface area contributed by atoms with E-state index >= 15 is 0 Å². The van der Waals surface area contributed by atoms with Crippen LogP contribution in [0.15, 0.2) is 17.6 Å². The molecule has 8 heteroatoms. The molecule has 24 heavy (non-hydrogen) atoms. The first-order chi connectivity index (χ1) is 11.5. The SMILES string of the molecule is CCOC(=O)c1c(C2CC2)csc1NC(=O)c1cnc(Cl)c(Cl)c1. The van der Waals surface area contributed by atoms with Crippen LogP contribution in [0.4, 0.5) is 5.00 Å². The van der Waals surface area contributed by atoms with Crippen molar-refractivity contribution in [3.8, 4) is 0 Å². The Hall–Kier alpha value is -1.63. The number of esters is 1. The molecule has 1 saturated carbocycles. The molecule has 0 atom stereocenters. The van der Waals surface area contributed by atoms with Gasteiger partial charge in [0, 0.05) is 6.20 Å². The van der Waals surface area contributed by atoms with Gasteiger partial charge in [0.2, 0.25) is 0 Å². The number of rotatable bonds is 5. The maximum absolute atomic E-state index is 12.4. The van der Waals surface area contributed by atoms with Crippen molar-refractivity contribution in [2.24, 2.45) is 0 Å². The third-order valence-electron chi connectivity index (χ3n) is 3.60. The number of nitrogens with zero attached hydrogens (tertiary/aromatic N) is 1. The third kappa shape index (κ3) is 3.55. The summed E-state index contributed by atoms with van der Waals surface area (Å²) in [6, 6.07) is 1.44. The first-order valence-electron chi connectivity index (χ1n) is 7.42. The van der Waals surface area contributed by atoms with E-state index in [9.17, 15) is 9.59 Å². The van der Waals surface area contributed by atoms with E-state index < -0.39 is 11.9 Å². The Morgan fingerprint density at radius 3 is 2.79 bits per heavy atom. The van der Waals surface area contributed by atoms with Crippen molar-refractivity contribution in [1.29, 1.82) is 0 Å². The fraction of sp³-hybridized carbons (Fsp3) is 0.312. The number of nitrogens with one attached hydrogen (secondary N) is 1. The fourth-order valence-corrected chi connectivity index (χ4v) is 3.59. The van der Waals surface area contributed by atoms with Crippen molar-refractivity contribution in [1.82, 2.24) is 4.98 Å². The molecule has 0 unspecified atom stereocenters. The van der Waals surface area contributed by atoms with Crippen LogP contribution < -0.4 is 5.32 Å². The van der Waals surface area contributed by atoms with Crippen LogP contribution in [0.1, 0.15) is 52.0 Å². The highest BCUT2D eigenvalue weighted by Gasteiger charge is 2.32. The fourth-order valence-electron chi connectivity index (χ4n) is 2.29. The lowest BCUT2D eigenvalue weighted by atomic mass is 10.1. The molecule has 5 nitrogen and oxygen atoms in total. The van der Waals surface area contributed by atoms with Crippen molar-refractivity contribution in [3.05, 3.63) is 44.5 Å². The van der Waals surface area contributed by atoms with Crippen molar-refractivity contribution < 1.29 is 14.3 Å². The second kappa shape index (κ2) is 7.09. The molecule has 0 bridgehead atoms. The van der Waals surface area contributed by atoms with Crippen LogP contribution in [0.2, 0.25) is 10.2 Å². The van der Waals surface area contributed by atoms with Crippen LogP contribution in [0.25, 0.3) is 0 Å². The second-order valence-electron chi connectivity index (χ2n) is 5.34. The standard InChI is InChI=1S/C16H14Cl2N2O3S/c1-2-23-16(22)12-10(8-3-4-8)7-24-15(12)20-14(21)9-5-11(17)13(18)19-6-9/h5-8H,2-4H2,1H3,(H,20,21). The lowest BCUT2D eigenvalue weighted by Crippen LogP contribution is -2.15. The molecule has 1 N–H and O–H groups in total. The number of anilines is 1. The molecule has 3 rings (SSSR count). The number of thiophene rings is 1. The van der Waals surface area contributed by atoms with Gasteiger partial charge in [-0.15, -0.1) is 11.3 Å². The van der Waals surface area contributed by atoms with Gasteiger partial charge in [0.1, 0.15) is 10.2 Å². The molecule has 0 radical (unpaired) electrons. The van der Waals surface area contributed by atoms with Crippen molar-refractivity contribution in [2.75, 3.05) is 11.9 Å². The molecule has 1 amide bonds. The number of aromatic nitrogens is 1. The number of ether oxygens (including phenoxy) is 1. The van der Waals surface area contributed by atoms with Gasteiger partial charge in [0.15, 0.2) is 0 Å². The number of carbonyl (C=O) groups excluding carboxylic acids is 2. The number of carbonyl (C=O) groups is 2. The van der Waals surface area contributed by atoms with Gasteiger partial charge < -0.3 is 10.1 Å². The summed E-state index contributed by atoms with van der Waals surface area (Å²) in [6.45, 7) is 2.03. The van der Waals surface area contributed by atoms with Crippen molar-refractivity contribution >= 4 is 51.4 Å². The Balaban J connectivity index is 1.87. The van der Waals surface area contributed by atoms with Gasteiger partial charge in [-0.05, 0) is 42.7 Å². The van der Waals surface area contributed by atoms with E-state index in [-0.39, 0.29) is 22.3 Å². The van der Waals surface area contributed by atoms with Crippen molar-refractivity contribution in [2.45, 2.75) is 25.7 Å². The van der Waals surface area contributed by atoms with Gasteiger partial charge in [0.25, 0.3) is 5.91 Å². The van der Waals surface area contributed by atoms with Crippen LogP contribution in [0, 0.1) is 0 Å². The molecular weight excluding hydrogens is 371 g/mol. The molecule has 126 valence electrons. The van der Waals surface area contributed by atoms with Crippen LogP contribution >= 0.6 is 34.5 Å². The minimum atomic E-state index is -0.414. The normalized spacial score (nSPS) is 13.6. The van der Waals surface area contributed by atoms with E-state index in [1.54, 1.807) is 6.92 Å². The van der Waals surface area contributed by atoms with E-state index in [0.29, 0.717) is 16.5 Å². The number of pyridine rings is 1. The largest absolute Gasteiger partial charge is 0.462 e. The molecule has 1 aliphatic carbocycles. The Labute approximate surface area is 152 Å². The summed E-state index contributed by atoms with van der Waals surface area (Å²) in [4.78, 5) is 28.5. The number of hydrogen-bond donors (Lipinski definition) is 1. The van der Waals surface area contributed by atoms with E-state index in [2.05, 4.69) is 10.3 Å². The van der Waals surface area contributed by atoms with Gasteiger partial charge in [-0.25, -0.2) is 9.78 Å². The molecule has 0 saturated heterocycles. The van der Waals surface area contributed by atoms with Gasteiger partial charge in [-0.1, -0.05) is 23.2 Å². The number of amides is 1. The van der Waals surface area contributed by atoms with Gasteiger partial charge in [0.05, 0.1) is 22.8 Å². The van der Waals surface area contributed by atoms with Crippen molar-refractivity contribution in [3.63, 3.8) is 0 Å². The second-order valence-corrected chi connectivity index (χ2v) is 6.99. The van der Waals surface area contributed by atoms with Gasteiger partial charge >= 0.3 is 5.97 Å². The van der Waals surface area contributed by atoms with E-state index in [1.807, 2.05) is 5.38 Å². The molecule has 0 aliphatic heterocycles. The Morgan fingerprint density at radius 1 is 1.42 bits per heavy atom. The molecule has 0 aromatic carbocycles. The maximum atomic E-state index is 12.4. The Morgan fingerprint density at radius 2 is 2.17 bits per heavy atom. The minimum Gasteiger partial charge on any atom is -0.462 e. The molecule has 2 aromatic rings. The lowest BCUT2D eigenvalue weighted by Gasteiger charge is -2.08. The minimum absolute atomic E-state index is 0.132. The average Bonchev–Trinajstić information content (AvgIpc) is 3.31. The van der Waals surface area contributed by atoms with Gasteiger partial charge in [-0.2, -0.15) is 0 Å². The topological polar surface area (TPSA) is 68.3 Å². The first kappa shape index (κ1) is 17.2. The zero-order valence-electron chi connectivity index (χ0n) is 12.8. The summed E-state index contributed by atoms with van der Waals surface area (Å²) in [5.74, 6) is -0.447. The van der Waals surface area contributed by atoms with E-state index in [1.165, 1.54) is 23.6 Å². The number of hydrogen-bond acceptors (Lipinski definition) is 5. The predicted molar refractivity (Wildman–Crippen MR) is 94.5 cm³/mol. The van der Waals surface area contributed by atoms with Crippen LogP contribution in [0.3, 0.4) is 0 Å². The summed E-state index contributed by atoms with van der Waals surface area (Å²) in [5.41, 5.74) is 1.66. The van der Waals surface area contributed by atoms with Crippen LogP contribution in [-0.4, -0.2) is 23.5 Å². The maximum Gasteiger partial charge on any atom is 0.341 e. The summed E-state index contributed by atoms with van der Waals surface area (Å²) in [6.07, 6.45) is 3.43. The Bertz CT molecular complexity index is 803. The highest BCUT2D eigenvalue weighted by Crippen LogP contribution is 2.46. The van der Waals surface area contributed by atoms with Crippen LogP contribution in [0.5, 0.6) is 0 Å². The smallest absolute Gasteiger partial charge is 0.341 e. The van der Waals surface area contributed by atoms with E-state index in [0.717, 1.165) is 18.4 Å². The molecular formula is C16H14Cl2N2O3S. The highest BCUT2D eigenvalue weighted by molar-refractivity contribution is 7.15. The molecule has 1 aliphatic rings. The average molecular weight is 385 g/mol. The molecule has 1 fully saturated rings. The zero-order valence-corrected chi connectivity index (χ0v) is 15.1. The first-order valence-corrected chi connectivity index (χ1v) is 9.05. The lowest BCUT2D eigenvalue weighted by molar-refractivity contribution is 0.0527. The Kier molecular flexibility index (Phi) is 5.08. The summed E-state index contributed by atoms with van der Waals surface area (Å²) in [7, 11) is 0. The quantitative estimate of drug-likeness (QED) is 0.595. The summed E-state index contributed by atoms with van der Waals surface area (Å²) in [5, 5.41) is 5.47. The third-order valence-corrected chi connectivity index (χ3v) is 5.20. The monoisotopic (exact) mass is 384 g/mol. The van der Waals surface area contributed by atoms with Crippen LogP contribution in [-0.2, 0) is 4.74 Å². The predicted octanol–water partition coefficient (Wildman–Crippen LogP) is 4.76. The number of halogens is 2. The van der Waals surface area contributed by atoms with Gasteiger partial charge in [-0.3, -0.25) is 4.79 Å². The molecule has 2 aromatic heterocycles. The molecule has 0 spiro atoms. The molecule has 2 heterocycles.